The van der Waals surface area contributed by atoms with Crippen LogP contribution in [0.2, 0.25) is 0 Å². The molecule has 1 heterocycles. The molecule has 112 valence electrons. The Kier molecular flexibility index (Phi) is 4.29. The van der Waals surface area contributed by atoms with Crippen LogP contribution in [0.3, 0.4) is 0 Å². The van der Waals surface area contributed by atoms with E-state index in [-0.39, 0.29) is 17.2 Å². The summed E-state index contributed by atoms with van der Waals surface area (Å²) in [6.45, 7) is 3.34. The van der Waals surface area contributed by atoms with Gasteiger partial charge in [-0.15, -0.1) is 0 Å². The summed E-state index contributed by atoms with van der Waals surface area (Å²) in [5.41, 5.74) is 0.373. The molecule has 0 N–H and O–H groups in total. The summed E-state index contributed by atoms with van der Waals surface area (Å²) in [7, 11) is -2.18. The molecule has 0 radical (unpaired) electrons. The van der Waals surface area contributed by atoms with Crippen LogP contribution in [0, 0.1) is 6.92 Å². The molecule has 0 aliphatic carbocycles. The second-order valence-electron chi connectivity index (χ2n) is 4.86. The van der Waals surface area contributed by atoms with Crippen LogP contribution < -0.4 is 0 Å². The molecule has 1 aromatic carbocycles. The van der Waals surface area contributed by atoms with Crippen LogP contribution in [-0.2, 0) is 16.6 Å². The first-order valence-electron chi connectivity index (χ1n) is 6.43. The third-order valence-corrected chi connectivity index (χ3v) is 4.92. The Labute approximate surface area is 124 Å². The first kappa shape index (κ1) is 15.5. The van der Waals surface area contributed by atoms with E-state index in [0.29, 0.717) is 11.3 Å². The molecule has 0 spiro atoms. The first-order valence-corrected chi connectivity index (χ1v) is 7.87. The topological polar surface area (TPSA) is 67.6 Å². The van der Waals surface area contributed by atoms with E-state index in [1.807, 2.05) is 0 Å². The van der Waals surface area contributed by atoms with Crippen molar-refractivity contribution in [2.24, 2.45) is 0 Å². The molecule has 5 nitrogen and oxygen atoms in total. The summed E-state index contributed by atoms with van der Waals surface area (Å²) < 4.78 is 31.6. The summed E-state index contributed by atoms with van der Waals surface area (Å²) >= 11 is 0. The summed E-state index contributed by atoms with van der Waals surface area (Å²) in [6, 6.07) is 9.55. The van der Waals surface area contributed by atoms with Crippen molar-refractivity contribution in [1.29, 1.82) is 0 Å². The van der Waals surface area contributed by atoms with Gasteiger partial charge in [-0.2, -0.15) is 4.31 Å². The van der Waals surface area contributed by atoms with Crippen molar-refractivity contribution >= 4 is 15.8 Å². The Bertz CT molecular complexity index is 761. The Morgan fingerprint density at radius 1 is 1.24 bits per heavy atom. The molecule has 21 heavy (non-hydrogen) atoms. The summed E-state index contributed by atoms with van der Waals surface area (Å²) in [6.07, 6.45) is 0. The molecule has 0 amide bonds. The van der Waals surface area contributed by atoms with Gasteiger partial charge in [-0.1, -0.05) is 12.1 Å². The van der Waals surface area contributed by atoms with E-state index in [9.17, 15) is 13.2 Å². The Morgan fingerprint density at radius 2 is 1.95 bits per heavy atom. The summed E-state index contributed by atoms with van der Waals surface area (Å²) in [4.78, 5) is 11.5. The van der Waals surface area contributed by atoms with Crippen molar-refractivity contribution in [3.05, 3.63) is 53.5 Å². The van der Waals surface area contributed by atoms with Crippen LogP contribution >= 0.6 is 0 Å². The maximum absolute atomic E-state index is 12.5. The number of benzene rings is 1. The lowest BCUT2D eigenvalue weighted by molar-refractivity contribution is 0.101. The molecule has 0 aliphatic heterocycles. The molecule has 0 aliphatic rings. The van der Waals surface area contributed by atoms with Crippen molar-refractivity contribution in [2.45, 2.75) is 25.3 Å². The van der Waals surface area contributed by atoms with Gasteiger partial charge < -0.3 is 4.42 Å². The van der Waals surface area contributed by atoms with E-state index in [1.165, 1.54) is 30.4 Å². The van der Waals surface area contributed by atoms with Gasteiger partial charge in [-0.25, -0.2) is 8.42 Å². The lowest BCUT2D eigenvalue weighted by Gasteiger charge is -2.16. The maximum atomic E-state index is 12.5. The number of nitrogens with zero attached hydrogens (tertiary/aromatic N) is 1. The van der Waals surface area contributed by atoms with Gasteiger partial charge in [0.25, 0.3) is 0 Å². The molecule has 0 saturated carbocycles. The Balaban J connectivity index is 2.28. The van der Waals surface area contributed by atoms with E-state index in [4.69, 9.17) is 4.42 Å². The van der Waals surface area contributed by atoms with Crippen molar-refractivity contribution in [3.63, 3.8) is 0 Å². The molecule has 2 rings (SSSR count). The number of hydrogen-bond acceptors (Lipinski definition) is 4. The van der Waals surface area contributed by atoms with Crippen LogP contribution in [0.1, 0.15) is 28.8 Å². The van der Waals surface area contributed by atoms with Crippen LogP contribution in [0.25, 0.3) is 0 Å². The highest BCUT2D eigenvalue weighted by Crippen LogP contribution is 2.19. The van der Waals surface area contributed by atoms with Crippen LogP contribution in [0.5, 0.6) is 0 Å². The predicted molar refractivity (Wildman–Crippen MR) is 78.5 cm³/mol. The summed E-state index contributed by atoms with van der Waals surface area (Å²) in [5.74, 6) is 1.13. The van der Waals surface area contributed by atoms with Gasteiger partial charge in [-0.3, -0.25) is 4.79 Å². The fourth-order valence-corrected chi connectivity index (χ4v) is 3.11. The number of furan rings is 1. The molecule has 0 saturated heterocycles. The molecule has 2 aromatic rings. The number of ketones is 1. The van der Waals surface area contributed by atoms with E-state index in [2.05, 4.69) is 0 Å². The molecule has 6 heteroatoms. The quantitative estimate of drug-likeness (QED) is 0.796. The highest BCUT2D eigenvalue weighted by Gasteiger charge is 2.22. The van der Waals surface area contributed by atoms with Gasteiger partial charge in [-0.05, 0) is 38.1 Å². The van der Waals surface area contributed by atoms with Crippen molar-refractivity contribution < 1.29 is 17.6 Å². The average Bonchev–Trinajstić information content (AvgIpc) is 2.84. The molecule has 0 fully saturated rings. The summed E-state index contributed by atoms with van der Waals surface area (Å²) in [5, 5.41) is 0. The minimum absolute atomic E-state index is 0.0981. The predicted octanol–water partition coefficient (Wildman–Crippen LogP) is 2.61. The van der Waals surface area contributed by atoms with E-state index >= 15 is 0 Å². The third-order valence-electron chi connectivity index (χ3n) is 3.12. The first-order chi connectivity index (χ1) is 9.80. The average molecular weight is 307 g/mol. The third kappa shape index (κ3) is 3.40. The zero-order chi connectivity index (χ0) is 15.6. The maximum Gasteiger partial charge on any atom is 0.243 e. The number of rotatable bonds is 5. The lowest BCUT2D eigenvalue weighted by Crippen LogP contribution is -2.26. The minimum atomic E-state index is -3.66. The van der Waals surface area contributed by atoms with Crippen molar-refractivity contribution in [1.82, 2.24) is 4.31 Å². The van der Waals surface area contributed by atoms with Crippen LogP contribution in [0.15, 0.2) is 45.7 Å². The SMILES string of the molecule is CC(=O)c1cccc(S(=O)(=O)N(C)Cc2ccc(C)o2)c1. The lowest BCUT2D eigenvalue weighted by atomic mass is 10.2. The molecular weight excluding hydrogens is 290 g/mol. The fraction of sp³-hybridized carbons (Fsp3) is 0.267. The van der Waals surface area contributed by atoms with E-state index < -0.39 is 10.0 Å². The smallest absolute Gasteiger partial charge is 0.243 e. The van der Waals surface area contributed by atoms with Gasteiger partial charge in [0, 0.05) is 12.6 Å². The Morgan fingerprint density at radius 3 is 2.52 bits per heavy atom. The fourth-order valence-electron chi connectivity index (χ4n) is 1.93. The number of aryl methyl sites for hydroxylation is 1. The second kappa shape index (κ2) is 5.83. The standard InChI is InChI=1S/C15H17NO4S/c1-11-7-8-14(20-11)10-16(3)21(18,19)15-6-4-5-13(9-15)12(2)17/h4-9H,10H2,1-3H3. The number of carbonyl (C=O) groups is 1. The zero-order valence-corrected chi connectivity index (χ0v) is 13.0. The van der Waals surface area contributed by atoms with Crippen LogP contribution in [-0.4, -0.2) is 25.6 Å². The van der Waals surface area contributed by atoms with Gasteiger partial charge >= 0.3 is 0 Å². The van der Waals surface area contributed by atoms with Crippen molar-refractivity contribution in [2.75, 3.05) is 7.05 Å². The number of sulfonamides is 1. The van der Waals surface area contributed by atoms with Crippen molar-refractivity contribution in [3.8, 4) is 0 Å². The highest BCUT2D eigenvalue weighted by molar-refractivity contribution is 7.89. The van der Waals surface area contributed by atoms with Gasteiger partial charge in [0.15, 0.2) is 5.78 Å². The van der Waals surface area contributed by atoms with E-state index in [1.54, 1.807) is 31.2 Å². The van der Waals surface area contributed by atoms with Gasteiger partial charge in [0.1, 0.15) is 11.5 Å². The molecule has 0 unspecified atom stereocenters. The zero-order valence-electron chi connectivity index (χ0n) is 12.2. The number of Topliss-reactive ketones (excluding diaryl/α,β-unsaturated/α-hetero) is 1. The second-order valence-corrected chi connectivity index (χ2v) is 6.90. The minimum Gasteiger partial charge on any atom is -0.465 e. The van der Waals surface area contributed by atoms with Gasteiger partial charge in [0.05, 0.1) is 11.4 Å². The van der Waals surface area contributed by atoms with Crippen LogP contribution in [0.4, 0.5) is 0 Å². The molecule has 0 bridgehead atoms. The number of hydrogen-bond donors (Lipinski definition) is 0. The van der Waals surface area contributed by atoms with Gasteiger partial charge in [0.2, 0.25) is 10.0 Å². The monoisotopic (exact) mass is 307 g/mol. The number of carbonyl (C=O) groups excluding carboxylic acids is 1. The largest absolute Gasteiger partial charge is 0.465 e. The normalized spacial score (nSPS) is 11.8. The van der Waals surface area contributed by atoms with E-state index in [0.717, 1.165) is 5.76 Å². The molecule has 0 atom stereocenters. The Hall–Kier alpha value is -1.92. The highest BCUT2D eigenvalue weighted by atomic mass is 32.2. The molecular formula is C15H17NO4S. The molecule has 1 aromatic heterocycles.